The topological polar surface area (TPSA) is 143 Å². The maximum absolute atomic E-state index is 13.4. The number of hydrogen-bond donors (Lipinski definition) is 2. The Morgan fingerprint density at radius 3 is 2.33 bits per heavy atom. The molecule has 0 saturated heterocycles. The second-order valence-electron chi connectivity index (χ2n) is 9.48. The number of phenols is 1. The number of para-hydroxylation sites is 1. The summed E-state index contributed by atoms with van der Waals surface area (Å²) in [5.74, 6) is -4.43. The van der Waals surface area contributed by atoms with Gasteiger partial charge in [0.2, 0.25) is 0 Å². The lowest BCUT2D eigenvalue weighted by Crippen LogP contribution is -2.47. The second-order valence-corrected chi connectivity index (χ2v) is 9.48. The maximum atomic E-state index is 13.4. The molecule has 11 heteroatoms. The monoisotopic (exact) mass is 538 g/mol. The number of benzene rings is 2. The number of amides is 1. The van der Waals surface area contributed by atoms with E-state index < -0.39 is 42.3 Å². The van der Waals surface area contributed by atoms with Gasteiger partial charge >= 0.3 is 17.9 Å². The van der Waals surface area contributed by atoms with Crippen LogP contribution in [0.25, 0.3) is 6.08 Å². The molecule has 39 heavy (non-hydrogen) atoms. The van der Waals surface area contributed by atoms with Crippen LogP contribution in [0.1, 0.15) is 48.2 Å². The van der Waals surface area contributed by atoms with E-state index in [1.54, 1.807) is 51.1 Å². The standard InChI is InChI=1S/C28H30N2O9/c1-5-30(6-2)26(34)18-13-20-17(11-7-9-16-10-8-12-19(31)23(16)29(3)4)24-25(18)38-22(33)15-28(36,27(35)39-24)14-21(32)37-20/h7-8,10-13,31,36H,5-6,9,14-15H2,1-4H3/b11-7-. The predicted molar refractivity (Wildman–Crippen MR) is 140 cm³/mol. The van der Waals surface area contributed by atoms with Crippen LogP contribution in [-0.2, 0) is 20.8 Å². The summed E-state index contributed by atoms with van der Waals surface area (Å²) in [5.41, 5.74) is -1.20. The summed E-state index contributed by atoms with van der Waals surface area (Å²) in [6.07, 6.45) is 1.77. The molecule has 1 unspecified atom stereocenters. The van der Waals surface area contributed by atoms with Gasteiger partial charge in [0.25, 0.3) is 5.91 Å². The van der Waals surface area contributed by atoms with Crippen LogP contribution in [0, 0.1) is 0 Å². The van der Waals surface area contributed by atoms with Crippen LogP contribution in [-0.4, -0.2) is 71.7 Å². The largest absolute Gasteiger partial charge is 0.506 e. The van der Waals surface area contributed by atoms with Gasteiger partial charge in [0.1, 0.15) is 11.5 Å². The Hall–Kier alpha value is -4.38. The van der Waals surface area contributed by atoms with Crippen LogP contribution in [0.3, 0.4) is 0 Å². The first-order valence-corrected chi connectivity index (χ1v) is 12.5. The van der Waals surface area contributed by atoms with Gasteiger partial charge < -0.3 is 34.2 Å². The van der Waals surface area contributed by atoms with Gasteiger partial charge in [0, 0.05) is 27.2 Å². The van der Waals surface area contributed by atoms with Gasteiger partial charge in [-0.1, -0.05) is 24.3 Å². The quantitative estimate of drug-likeness (QED) is 0.399. The van der Waals surface area contributed by atoms with E-state index in [1.165, 1.54) is 17.0 Å². The predicted octanol–water partition coefficient (Wildman–Crippen LogP) is 2.45. The van der Waals surface area contributed by atoms with Gasteiger partial charge in [-0.3, -0.25) is 14.4 Å². The summed E-state index contributed by atoms with van der Waals surface area (Å²) in [4.78, 5) is 55.2. The molecule has 2 heterocycles. The average Bonchev–Trinajstić information content (AvgIpc) is 2.87. The van der Waals surface area contributed by atoms with Gasteiger partial charge in [-0.25, -0.2) is 4.79 Å². The minimum absolute atomic E-state index is 0.0632. The maximum Gasteiger partial charge on any atom is 0.344 e. The lowest BCUT2D eigenvalue weighted by atomic mass is 9.95. The first kappa shape index (κ1) is 27.6. The number of aliphatic hydroxyl groups is 1. The summed E-state index contributed by atoms with van der Waals surface area (Å²) in [6.45, 7) is 4.22. The minimum atomic E-state index is -2.51. The molecule has 2 aliphatic rings. The molecular weight excluding hydrogens is 508 g/mol. The number of fused-ring (bicyclic) bond motifs is 3. The molecule has 1 atom stereocenters. The summed E-state index contributed by atoms with van der Waals surface area (Å²) in [5, 5.41) is 21.2. The molecule has 206 valence electrons. The van der Waals surface area contributed by atoms with Crippen molar-refractivity contribution in [2.75, 3.05) is 32.1 Å². The Kier molecular flexibility index (Phi) is 7.64. The third-order valence-electron chi connectivity index (χ3n) is 6.57. The minimum Gasteiger partial charge on any atom is -0.506 e. The highest BCUT2D eigenvalue weighted by molar-refractivity contribution is 6.03. The van der Waals surface area contributed by atoms with E-state index in [-0.39, 0.29) is 34.1 Å². The van der Waals surface area contributed by atoms with Crippen LogP contribution >= 0.6 is 0 Å². The third-order valence-corrected chi connectivity index (χ3v) is 6.57. The van der Waals surface area contributed by atoms with Crippen molar-refractivity contribution in [2.24, 2.45) is 0 Å². The van der Waals surface area contributed by atoms with Crippen molar-refractivity contribution in [3.05, 3.63) is 47.0 Å². The molecule has 11 nitrogen and oxygen atoms in total. The lowest BCUT2D eigenvalue weighted by Gasteiger charge is -2.27. The second kappa shape index (κ2) is 10.8. The third kappa shape index (κ3) is 5.30. The zero-order valence-electron chi connectivity index (χ0n) is 22.1. The van der Waals surface area contributed by atoms with E-state index in [1.807, 2.05) is 6.07 Å². The van der Waals surface area contributed by atoms with E-state index in [0.717, 1.165) is 5.56 Å². The Balaban J connectivity index is 1.91. The van der Waals surface area contributed by atoms with Crippen molar-refractivity contribution in [1.29, 1.82) is 0 Å². The van der Waals surface area contributed by atoms with Gasteiger partial charge in [0.05, 0.1) is 29.7 Å². The number of rotatable bonds is 7. The number of aromatic hydroxyl groups is 1. The molecule has 3 bridgehead atoms. The molecule has 2 aromatic carbocycles. The Labute approximate surface area is 225 Å². The normalized spacial score (nSPS) is 18.4. The van der Waals surface area contributed by atoms with E-state index in [9.17, 15) is 29.4 Å². The van der Waals surface area contributed by atoms with Crippen LogP contribution in [0.5, 0.6) is 23.0 Å². The number of phenolic OH excluding ortho intramolecular Hbond substituents is 1. The zero-order chi connectivity index (χ0) is 28.5. The molecule has 1 amide bonds. The number of anilines is 1. The van der Waals surface area contributed by atoms with E-state index in [2.05, 4.69) is 0 Å². The average molecular weight is 539 g/mol. The molecule has 2 N–H and O–H groups in total. The number of ether oxygens (including phenoxy) is 3. The molecule has 2 aliphatic heterocycles. The first-order valence-electron chi connectivity index (χ1n) is 12.5. The molecule has 0 spiro atoms. The molecule has 4 rings (SSSR count). The summed E-state index contributed by atoms with van der Waals surface area (Å²) >= 11 is 0. The van der Waals surface area contributed by atoms with Crippen molar-refractivity contribution in [2.45, 2.75) is 38.7 Å². The van der Waals surface area contributed by atoms with Crippen molar-refractivity contribution >= 4 is 35.6 Å². The van der Waals surface area contributed by atoms with Crippen LogP contribution in [0.2, 0.25) is 0 Å². The highest BCUT2D eigenvalue weighted by Crippen LogP contribution is 2.46. The molecule has 0 aromatic heterocycles. The van der Waals surface area contributed by atoms with Crippen molar-refractivity contribution in [3.8, 4) is 23.0 Å². The molecular formula is C28H30N2O9. The highest BCUT2D eigenvalue weighted by atomic mass is 16.6. The van der Waals surface area contributed by atoms with Crippen LogP contribution in [0.15, 0.2) is 30.3 Å². The Morgan fingerprint density at radius 2 is 1.69 bits per heavy atom. The smallest absolute Gasteiger partial charge is 0.344 e. The fraction of sp³-hybridized carbons (Fsp3) is 0.357. The van der Waals surface area contributed by atoms with Crippen LogP contribution in [0.4, 0.5) is 5.69 Å². The number of hydrogen-bond acceptors (Lipinski definition) is 10. The fourth-order valence-electron chi connectivity index (χ4n) is 4.66. The van der Waals surface area contributed by atoms with E-state index >= 15 is 0 Å². The Morgan fingerprint density at radius 1 is 1.03 bits per heavy atom. The van der Waals surface area contributed by atoms with E-state index in [4.69, 9.17) is 14.2 Å². The molecule has 0 fully saturated rings. The number of esters is 3. The SMILES string of the molecule is CCN(CC)C(=O)c1cc2c(/C=C\Cc3cccc(O)c3N(C)C)c3c1OC(=O)CC(O)(CC(=O)O2)C(=O)O3. The zero-order valence-corrected chi connectivity index (χ0v) is 22.1. The summed E-state index contributed by atoms with van der Waals surface area (Å²) in [7, 11) is 3.58. The summed E-state index contributed by atoms with van der Waals surface area (Å²) in [6, 6.07) is 6.37. The van der Waals surface area contributed by atoms with Crippen LogP contribution < -0.4 is 19.1 Å². The molecule has 0 saturated carbocycles. The number of nitrogens with zero attached hydrogens (tertiary/aromatic N) is 2. The molecule has 0 aliphatic carbocycles. The lowest BCUT2D eigenvalue weighted by molar-refractivity contribution is -0.168. The number of allylic oxidation sites excluding steroid dienone is 1. The van der Waals surface area contributed by atoms with E-state index in [0.29, 0.717) is 25.2 Å². The Bertz CT molecular complexity index is 1380. The highest BCUT2D eigenvalue weighted by Gasteiger charge is 2.48. The first-order chi connectivity index (χ1) is 18.5. The van der Waals surface area contributed by atoms with Crippen molar-refractivity contribution in [3.63, 3.8) is 0 Å². The van der Waals surface area contributed by atoms with Gasteiger partial charge in [-0.05, 0) is 38.0 Å². The fourth-order valence-corrected chi connectivity index (χ4v) is 4.66. The summed E-state index contributed by atoms with van der Waals surface area (Å²) < 4.78 is 16.6. The van der Waals surface area contributed by atoms with Crippen molar-refractivity contribution < 1.29 is 43.6 Å². The van der Waals surface area contributed by atoms with Gasteiger partial charge in [0.15, 0.2) is 17.1 Å². The molecule has 2 aromatic rings. The number of carbonyl (C=O) groups excluding carboxylic acids is 4. The van der Waals surface area contributed by atoms with Gasteiger partial charge in [-0.15, -0.1) is 0 Å². The molecule has 0 radical (unpaired) electrons. The van der Waals surface area contributed by atoms with Crippen molar-refractivity contribution in [1.82, 2.24) is 4.90 Å². The number of carbonyl (C=O) groups is 4. The van der Waals surface area contributed by atoms with Gasteiger partial charge in [-0.2, -0.15) is 0 Å².